The van der Waals surface area contributed by atoms with Crippen molar-refractivity contribution in [2.24, 2.45) is 0 Å². The number of hydrogen-bond donors (Lipinski definition) is 3. The molecule has 4 amide bonds. The van der Waals surface area contributed by atoms with Crippen LogP contribution in [0.3, 0.4) is 0 Å². The number of pyridine rings is 2. The Kier molecular flexibility index (Phi) is 8.56. The van der Waals surface area contributed by atoms with E-state index >= 15 is 0 Å². The molecule has 1 unspecified atom stereocenters. The van der Waals surface area contributed by atoms with Gasteiger partial charge in [0.25, 0.3) is 11.8 Å². The van der Waals surface area contributed by atoms with Gasteiger partial charge in [-0.1, -0.05) is 12.1 Å². The minimum atomic E-state index is -0.627. The zero-order valence-electron chi connectivity index (χ0n) is 27.4. The number of fused-ring (bicyclic) bond motifs is 2. The largest absolute Gasteiger partial charge is 0.382 e. The van der Waals surface area contributed by atoms with Gasteiger partial charge in [-0.15, -0.1) is 0 Å². The van der Waals surface area contributed by atoms with Crippen molar-refractivity contribution in [3.8, 4) is 11.9 Å². The van der Waals surface area contributed by atoms with Gasteiger partial charge in [0.15, 0.2) is 0 Å². The summed E-state index contributed by atoms with van der Waals surface area (Å²) in [7, 11) is 0. The Bertz CT molecular complexity index is 2020. The molecular weight excluding hydrogens is 622 g/mol. The van der Waals surface area contributed by atoms with Gasteiger partial charge in [-0.3, -0.25) is 34.0 Å². The van der Waals surface area contributed by atoms with Gasteiger partial charge in [-0.25, -0.2) is 9.97 Å². The molecule has 13 nitrogen and oxygen atoms in total. The fourth-order valence-corrected chi connectivity index (χ4v) is 6.94. The molecule has 1 aromatic carbocycles. The lowest BCUT2D eigenvalue weighted by molar-refractivity contribution is -0.136. The lowest BCUT2D eigenvalue weighted by Gasteiger charge is -2.32. The van der Waals surface area contributed by atoms with Crippen molar-refractivity contribution in [2.45, 2.75) is 70.7 Å². The van der Waals surface area contributed by atoms with Gasteiger partial charge in [-0.2, -0.15) is 5.26 Å². The molecule has 3 aliphatic rings. The van der Waals surface area contributed by atoms with E-state index < -0.39 is 11.9 Å². The molecule has 0 saturated carbocycles. The van der Waals surface area contributed by atoms with Gasteiger partial charge >= 0.3 is 0 Å². The lowest BCUT2D eigenvalue weighted by atomic mass is 10.0. The van der Waals surface area contributed by atoms with E-state index in [1.165, 1.54) is 6.20 Å². The first-order valence-corrected chi connectivity index (χ1v) is 16.6. The summed E-state index contributed by atoms with van der Waals surface area (Å²) in [6, 6.07) is 13.0. The molecule has 2 fully saturated rings. The number of likely N-dealkylation sites (tertiary alicyclic amines) is 1. The molecule has 0 spiro atoms. The second-order valence-electron chi connectivity index (χ2n) is 13.2. The standard InChI is InChI=1S/C36H37N9O4/c1-21(2)40-29-15-31(44-12-7-24-14-23(16-37)17-39-33(24)44)38-18-28(29)34(47)41-26-8-10-43(11-9-26)19-22-3-4-27-25(13-22)20-45(36(27)49)30-5-6-32(46)42-35(30)48/h3-4,7,12-15,17-18,21,26,30H,5-6,8-11,19-20H2,1-2H3,(H,38,40)(H,41,47)(H,42,46,48). The molecular formula is C36H37N9O4. The number of aromatic nitrogens is 3. The molecule has 7 rings (SSSR count). The molecule has 6 heterocycles. The number of anilines is 1. The fraction of sp³-hybridized carbons (Fsp3) is 0.361. The van der Waals surface area contributed by atoms with Crippen LogP contribution in [0.2, 0.25) is 0 Å². The Morgan fingerprint density at radius 1 is 1.06 bits per heavy atom. The normalized spacial score (nSPS) is 18.4. The number of carbonyl (C=O) groups is 4. The minimum Gasteiger partial charge on any atom is -0.382 e. The molecule has 4 aromatic rings. The Balaban J connectivity index is 0.971. The number of imide groups is 1. The zero-order valence-corrected chi connectivity index (χ0v) is 27.4. The van der Waals surface area contributed by atoms with Gasteiger partial charge in [-0.05, 0) is 62.4 Å². The summed E-state index contributed by atoms with van der Waals surface area (Å²) in [6.45, 7) is 6.71. The third-order valence-electron chi connectivity index (χ3n) is 9.40. The zero-order chi connectivity index (χ0) is 34.2. The van der Waals surface area contributed by atoms with Crippen LogP contribution in [0.25, 0.3) is 16.9 Å². The second kappa shape index (κ2) is 13.1. The summed E-state index contributed by atoms with van der Waals surface area (Å²) in [5, 5.41) is 19.0. The second-order valence-corrected chi connectivity index (χ2v) is 13.2. The molecule has 1 atom stereocenters. The predicted octanol–water partition coefficient (Wildman–Crippen LogP) is 3.27. The molecule has 250 valence electrons. The highest BCUT2D eigenvalue weighted by molar-refractivity contribution is 6.05. The van der Waals surface area contributed by atoms with Crippen molar-refractivity contribution in [3.63, 3.8) is 0 Å². The molecule has 3 aromatic heterocycles. The van der Waals surface area contributed by atoms with Crippen molar-refractivity contribution in [1.29, 1.82) is 5.26 Å². The number of nitrogens with zero attached hydrogens (tertiary/aromatic N) is 6. The third-order valence-corrected chi connectivity index (χ3v) is 9.40. The summed E-state index contributed by atoms with van der Waals surface area (Å²) < 4.78 is 1.84. The third kappa shape index (κ3) is 6.47. The maximum atomic E-state index is 13.6. The average molecular weight is 660 g/mol. The molecule has 0 bridgehead atoms. The van der Waals surface area contributed by atoms with E-state index in [0.717, 1.165) is 49.0 Å². The van der Waals surface area contributed by atoms with Crippen LogP contribution in [0.5, 0.6) is 0 Å². The van der Waals surface area contributed by atoms with Crippen molar-refractivity contribution >= 4 is 40.3 Å². The summed E-state index contributed by atoms with van der Waals surface area (Å²) in [5.74, 6) is -0.450. The number of rotatable bonds is 8. The monoisotopic (exact) mass is 659 g/mol. The molecule has 2 saturated heterocycles. The van der Waals surface area contributed by atoms with E-state index in [0.29, 0.717) is 46.8 Å². The van der Waals surface area contributed by atoms with Gasteiger partial charge in [0.2, 0.25) is 11.8 Å². The maximum Gasteiger partial charge on any atom is 0.255 e. The van der Waals surface area contributed by atoms with E-state index in [9.17, 15) is 24.4 Å². The first-order valence-electron chi connectivity index (χ1n) is 16.6. The van der Waals surface area contributed by atoms with Gasteiger partial charge in [0, 0.05) is 80.3 Å². The number of amides is 4. The van der Waals surface area contributed by atoms with E-state index in [2.05, 4.69) is 36.9 Å². The maximum absolute atomic E-state index is 13.6. The van der Waals surface area contributed by atoms with Crippen LogP contribution < -0.4 is 16.0 Å². The van der Waals surface area contributed by atoms with Gasteiger partial charge in [0.05, 0.1) is 16.8 Å². The van der Waals surface area contributed by atoms with Crippen molar-refractivity contribution in [1.82, 2.24) is 35.0 Å². The molecule has 3 aliphatic heterocycles. The quantitative estimate of drug-likeness (QED) is 0.241. The summed E-state index contributed by atoms with van der Waals surface area (Å²) in [6.07, 6.45) is 7.14. The van der Waals surface area contributed by atoms with Crippen LogP contribution in [-0.4, -0.2) is 79.2 Å². The van der Waals surface area contributed by atoms with Gasteiger partial charge in [0.1, 0.15) is 23.6 Å². The highest BCUT2D eigenvalue weighted by Crippen LogP contribution is 2.29. The van der Waals surface area contributed by atoms with Crippen LogP contribution in [0.4, 0.5) is 5.69 Å². The van der Waals surface area contributed by atoms with Gasteiger partial charge < -0.3 is 15.5 Å². The molecule has 0 radical (unpaired) electrons. The van der Waals surface area contributed by atoms with Crippen molar-refractivity contribution in [2.75, 3.05) is 18.4 Å². The topological polar surface area (TPSA) is 165 Å². The van der Waals surface area contributed by atoms with Crippen LogP contribution in [0, 0.1) is 11.3 Å². The molecule has 13 heteroatoms. The number of hydrogen-bond acceptors (Lipinski definition) is 9. The number of nitrogens with one attached hydrogen (secondary N) is 3. The highest BCUT2D eigenvalue weighted by Gasteiger charge is 2.39. The molecule has 3 N–H and O–H groups in total. The predicted molar refractivity (Wildman–Crippen MR) is 181 cm³/mol. The first kappa shape index (κ1) is 32.0. The minimum absolute atomic E-state index is 0.0157. The summed E-state index contributed by atoms with van der Waals surface area (Å²) in [5.41, 5.74) is 4.90. The van der Waals surface area contributed by atoms with Crippen LogP contribution >= 0.6 is 0 Å². The number of carbonyl (C=O) groups excluding carboxylic acids is 4. The Labute approximate surface area is 283 Å². The number of nitriles is 1. The molecule has 49 heavy (non-hydrogen) atoms. The molecule has 0 aliphatic carbocycles. The van der Waals surface area contributed by atoms with Crippen molar-refractivity contribution < 1.29 is 19.2 Å². The number of benzene rings is 1. The van der Waals surface area contributed by atoms with Crippen LogP contribution in [-0.2, 0) is 22.7 Å². The smallest absolute Gasteiger partial charge is 0.255 e. The Hall–Kier alpha value is -5.61. The van der Waals surface area contributed by atoms with Crippen LogP contribution in [0.15, 0.2) is 55.0 Å². The van der Waals surface area contributed by atoms with E-state index in [-0.39, 0.29) is 36.2 Å². The number of piperidine rings is 2. The average Bonchev–Trinajstić information content (AvgIpc) is 3.65. The highest BCUT2D eigenvalue weighted by atomic mass is 16.2. The Morgan fingerprint density at radius 3 is 2.63 bits per heavy atom. The van der Waals surface area contributed by atoms with Crippen LogP contribution in [0.1, 0.15) is 76.9 Å². The first-order chi connectivity index (χ1) is 23.7. The summed E-state index contributed by atoms with van der Waals surface area (Å²) >= 11 is 0. The lowest BCUT2D eigenvalue weighted by Crippen LogP contribution is -2.52. The Morgan fingerprint density at radius 2 is 1.88 bits per heavy atom. The van der Waals surface area contributed by atoms with Crippen molar-refractivity contribution in [3.05, 3.63) is 82.8 Å². The summed E-state index contributed by atoms with van der Waals surface area (Å²) in [4.78, 5) is 63.6. The fourth-order valence-electron chi connectivity index (χ4n) is 6.94. The van der Waals surface area contributed by atoms with E-state index in [4.69, 9.17) is 0 Å². The SMILES string of the molecule is CC(C)Nc1cc(-n2ccc3cc(C#N)cnc32)ncc1C(=O)NC1CCN(Cc2ccc3c(c2)CN(C2CCC(=O)NC2=O)C3=O)CC1. The van der Waals surface area contributed by atoms with E-state index in [1.54, 1.807) is 17.2 Å². The van der Waals surface area contributed by atoms with E-state index in [1.807, 2.05) is 54.9 Å².